The summed E-state index contributed by atoms with van der Waals surface area (Å²) in [5, 5.41) is 0. The molecule has 0 spiro atoms. The van der Waals surface area contributed by atoms with E-state index in [1.54, 1.807) is 29.2 Å². The van der Waals surface area contributed by atoms with Crippen molar-refractivity contribution < 1.29 is 13.9 Å². The predicted octanol–water partition coefficient (Wildman–Crippen LogP) is 5.96. The molecular formula is C21H21BrFNO2. The van der Waals surface area contributed by atoms with Crippen molar-refractivity contribution in [2.75, 3.05) is 6.54 Å². The van der Waals surface area contributed by atoms with Crippen LogP contribution in [0.5, 0.6) is 0 Å². The van der Waals surface area contributed by atoms with E-state index in [1.165, 1.54) is 6.07 Å². The van der Waals surface area contributed by atoms with Gasteiger partial charge in [-0.1, -0.05) is 52.3 Å². The molecule has 0 saturated carbocycles. The van der Waals surface area contributed by atoms with Gasteiger partial charge in [-0.15, -0.1) is 6.58 Å². The number of hydrogen-bond acceptors (Lipinski definition) is 2. The van der Waals surface area contributed by atoms with Crippen molar-refractivity contribution in [1.82, 2.24) is 4.90 Å². The second kappa shape index (κ2) is 7.62. The van der Waals surface area contributed by atoms with Gasteiger partial charge in [0.15, 0.2) is 0 Å². The van der Waals surface area contributed by atoms with Crippen molar-refractivity contribution in [1.29, 1.82) is 0 Å². The summed E-state index contributed by atoms with van der Waals surface area (Å²) in [6.45, 7) is 6.21. The molecule has 1 aliphatic heterocycles. The standard InChI is InChI=1S/C21H21BrFNO2/c1-3-12-21(18-6-4-5-7-19(18)23)13-14-24(20(25)26-21)15(2)16-8-10-17(22)11-9-16/h3-11,15H,1,12-14H2,2H3/t15-,21+/m0/s1. The summed E-state index contributed by atoms with van der Waals surface area (Å²) in [5.74, 6) is -0.364. The zero-order valence-electron chi connectivity index (χ0n) is 14.6. The van der Waals surface area contributed by atoms with E-state index in [1.807, 2.05) is 31.2 Å². The van der Waals surface area contributed by atoms with Gasteiger partial charge in [0.2, 0.25) is 0 Å². The highest BCUT2D eigenvalue weighted by Gasteiger charge is 2.44. The summed E-state index contributed by atoms with van der Waals surface area (Å²) in [6.07, 6.45) is 2.12. The molecule has 5 heteroatoms. The molecule has 1 amide bonds. The summed E-state index contributed by atoms with van der Waals surface area (Å²) in [7, 11) is 0. The first-order valence-corrected chi connectivity index (χ1v) is 9.37. The van der Waals surface area contributed by atoms with Crippen molar-refractivity contribution in [3.63, 3.8) is 0 Å². The molecule has 0 aliphatic carbocycles. The molecule has 1 aliphatic rings. The number of halogens is 2. The minimum atomic E-state index is -1.000. The normalized spacial score (nSPS) is 21.2. The fourth-order valence-corrected chi connectivity index (χ4v) is 3.71. The summed E-state index contributed by atoms with van der Waals surface area (Å²) >= 11 is 3.42. The van der Waals surface area contributed by atoms with Crippen LogP contribution in [0.25, 0.3) is 0 Å². The van der Waals surface area contributed by atoms with Gasteiger partial charge in [0.1, 0.15) is 11.4 Å². The number of hydrogen-bond donors (Lipinski definition) is 0. The number of benzene rings is 2. The fourth-order valence-electron chi connectivity index (χ4n) is 3.45. The van der Waals surface area contributed by atoms with Crippen LogP contribution in [0.1, 0.15) is 36.9 Å². The Balaban J connectivity index is 1.85. The maximum Gasteiger partial charge on any atom is 0.411 e. The van der Waals surface area contributed by atoms with Crippen LogP contribution in [-0.2, 0) is 10.3 Å². The van der Waals surface area contributed by atoms with Crippen LogP contribution in [0.15, 0.2) is 65.7 Å². The van der Waals surface area contributed by atoms with E-state index in [0.29, 0.717) is 24.9 Å². The lowest BCUT2D eigenvalue weighted by Gasteiger charge is -2.43. The largest absolute Gasteiger partial charge is 0.437 e. The zero-order valence-corrected chi connectivity index (χ0v) is 16.2. The summed E-state index contributed by atoms with van der Waals surface area (Å²) < 4.78 is 21.2. The third-order valence-electron chi connectivity index (χ3n) is 4.93. The Morgan fingerprint density at radius 1 is 1.31 bits per heavy atom. The van der Waals surface area contributed by atoms with E-state index in [9.17, 15) is 9.18 Å². The van der Waals surface area contributed by atoms with Crippen molar-refractivity contribution >= 4 is 22.0 Å². The molecule has 0 radical (unpaired) electrons. The summed E-state index contributed by atoms with van der Waals surface area (Å²) in [5.41, 5.74) is 0.427. The molecule has 136 valence electrons. The van der Waals surface area contributed by atoms with E-state index >= 15 is 0 Å². The van der Waals surface area contributed by atoms with Crippen LogP contribution in [0.4, 0.5) is 9.18 Å². The first kappa shape index (κ1) is 18.6. The van der Waals surface area contributed by atoms with E-state index in [4.69, 9.17) is 4.74 Å². The van der Waals surface area contributed by atoms with Crippen molar-refractivity contribution in [2.24, 2.45) is 0 Å². The quantitative estimate of drug-likeness (QED) is 0.561. The lowest BCUT2D eigenvalue weighted by Crippen LogP contribution is -2.48. The van der Waals surface area contributed by atoms with E-state index < -0.39 is 11.7 Å². The molecule has 0 aromatic heterocycles. The highest BCUT2D eigenvalue weighted by Crippen LogP contribution is 2.40. The van der Waals surface area contributed by atoms with Gasteiger partial charge in [-0.2, -0.15) is 0 Å². The number of amides is 1. The van der Waals surface area contributed by atoms with E-state index in [0.717, 1.165) is 10.0 Å². The zero-order chi connectivity index (χ0) is 18.7. The number of carbonyl (C=O) groups is 1. The van der Waals surface area contributed by atoms with Gasteiger partial charge < -0.3 is 9.64 Å². The molecule has 1 fully saturated rings. The minimum absolute atomic E-state index is 0.127. The highest BCUT2D eigenvalue weighted by molar-refractivity contribution is 9.10. The predicted molar refractivity (Wildman–Crippen MR) is 103 cm³/mol. The Hall–Kier alpha value is -2.14. The highest BCUT2D eigenvalue weighted by atomic mass is 79.9. The Morgan fingerprint density at radius 2 is 2.00 bits per heavy atom. The van der Waals surface area contributed by atoms with Gasteiger partial charge in [0.25, 0.3) is 0 Å². The van der Waals surface area contributed by atoms with Crippen LogP contribution in [-0.4, -0.2) is 17.5 Å². The Kier molecular flexibility index (Phi) is 5.47. The Labute approximate surface area is 161 Å². The molecule has 2 atom stereocenters. The maximum absolute atomic E-state index is 14.4. The summed E-state index contributed by atoms with van der Waals surface area (Å²) in [4.78, 5) is 14.5. The minimum Gasteiger partial charge on any atom is -0.437 e. The Morgan fingerprint density at radius 3 is 2.62 bits per heavy atom. The molecule has 2 aromatic carbocycles. The molecule has 3 nitrogen and oxygen atoms in total. The maximum atomic E-state index is 14.4. The second-order valence-corrected chi connectivity index (χ2v) is 7.42. The first-order valence-electron chi connectivity index (χ1n) is 8.58. The van der Waals surface area contributed by atoms with Crippen molar-refractivity contribution in [3.05, 3.63) is 82.6 Å². The second-order valence-electron chi connectivity index (χ2n) is 6.51. The molecular weight excluding hydrogens is 397 g/mol. The number of carbonyl (C=O) groups excluding carboxylic acids is 1. The molecule has 0 unspecified atom stereocenters. The number of ether oxygens (including phenoxy) is 1. The molecule has 3 rings (SSSR count). The third-order valence-corrected chi connectivity index (χ3v) is 5.46. The van der Waals surface area contributed by atoms with Crippen LogP contribution in [0.2, 0.25) is 0 Å². The van der Waals surface area contributed by atoms with Gasteiger partial charge in [0.05, 0.1) is 6.04 Å². The molecule has 2 aromatic rings. The smallest absolute Gasteiger partial charge is 0.411 e. The van der Waals surface area contributed by atoms with Gasteiger partial charge >= 0.3 is 6.09 Å². The van der Waals surface area contributed by atoms with Gasteiger partial charge in [-0.3, -0.25) is 0 Å². The third kappa shape index (κ3) is 3.54. The first-order chi connectivity index (χ1) is 12.5. The van der Waals surface area contributed by atoms with Crippen LogP contribution in [0, 0.1) is 5.82 Å². The molecule has 26 heavy (non-hydrogen) atoms. The average molecular weight is 418 g/mol. The molecule has 0 N–H and O–H groups in total. The number of rotatable bonds is 5. The Bertz CT molecular complexity index is 808. The lowest BCUT2D eigenvalue weighted by molar-refractivity contribution is -0.0606. The van der Waals surface area contributed by atoms with Gasteiger partial charge in [-0.05, 0) is 30.7 Å². The molecule has 1 heterocycles. The number of cyclic esters (lactones) is 1. The fraction of sp³-hybridized carbons (Fsp3) is 0.286. The number of nitrogens with zero attached hydrogens (tertiary/aromatic N) is 1. The van der Waals surface area contributed by atoms with Gasteiger partial charge in [0, 0.05) is 29.4 Å². The van der Waals surface area contributed by atoms with Crippen LogP contribution >= 0.6 is 15.9 Å². The summed E-state index contributed by atoms with van der Waals surface area (Å²) in [6, 6.07) is 14.2. The monoisotopic (exact) mass is 417 g/mol. The van der Waals surface area contributed by atoms with Crippen LogP contribution in [0.3, 0.4) is 0 Å². The van der Waals surface area contributed by atoms with E-state index in [2.05, 4.69) is 22.5 Å². The molecule has 1 saturated heterocycles. The molecule has 0 bridgehead atoms. The van der Waals surface area contributed by atoms with Crippen molar-refractivity contribution in [2.45, 2.75) is 31.4 Å². The van der Waals surface area contributed by atoms with Gasteiger partial charge in [-0.25, -0.2) is 9.18 Å². The van der Waals surface area contributed by atoms with E-state index in [-0.39, 0.29) is 11.9 Å². The van der Waals surface area contributed by atoms with Crippen LogP contribution < -0.4 is 0 Å². The SMILES string of the molecule is C=CC[C@]1(c2ccccc2F)CCN([C@@H](C)c2ccc(Br)cc2)C(=O)O1. The average Bonchev–Trinajstić information content (AvgIpc) is 2.62. The lowest BCUT2D eigenvalue weighted by atomic mass is 9.85. The van der Waals surface area contributed by atoms with Crippen molar-refractivity contribution in [3.8, 4) is 0 Å². The topological polar surface area (TPSA) is 29.5 Å².